The van der Waals surface area contributed by atoms with E-state index in [2.05, 4.69) is 17.6 Å². The molecule has 116 valence electrons. The van der Waals surface area contributed by atoms with Crippen LogP contribution in [0.15, 0.2) is 18.2 Å². The van der Waals surface area contributed by atoms with Crippen molar-refractivity contribution < 1.29 is 14.3 Å². The molecule has 2 rings (SSSR count). The van der Waals surface area contributed by atoms with E-state index >= 15 is 0 Å². The summed E-state index contributed by atoms with van der Waals surface area (Å²) in [5.41, 5.74) is 0.919. The molecule has 1 amide bonds. The molecule has 0 saturated carbocycles. The molecule has 2 atom stereocenters. The van der Waals surface area contributed by atoms with Crippen LogP contribution < -0.4 is 20.1 Å². The summed E-state index contributed by atoms with van der Waals surface area (Å²) in [6, 6.07) is 6.34. The molecular formula is C16H24N2O3. The van der Waals surface area contributed by atoms with Crippen molar-refractivity contribution in [1.82, 2.24) is 10.6 Å². The predicted molar refractivity (Wildman–Crippen MR) is 81.9 cm³/mol. The van der Waals surface area contributed by atoms with Gasteiger partial charge in [0, 0.05) is 18.6 Å². The molecule has 1 aromatic rings. The van der Waals surface area contributed by atoms with Crippen LogP contribution >= 0.6 is 0 Å². The lowest BCUT2D eigenvalue weighted by Gasteiger charge is -2.28. The van der Waals surface area contributed by atoms with E-state index in [-0.39, 0.29) is 11.9 Å². The highest BCUT2D eigenvalue weighted by atomic mass is 16.5. The highest BCUT2D eigenvalue weighted by molar-refractivity contribution is 5.79. The third-order valence-electron chi connectivity index (χ3n) is 3.84. The normalized spacial score (nSPS) is 21.7. The number of amides is 1. The molecule has 1 aromatic carbocycles. The summed E-state index contributed by atoms with van der Waals surface area (Å²) >= 11 is 0. The highest BCUT2D eigenvalue weighted by Crippen LogP contribution is 2.27. The fraction of sp³-hybridized carbons (Fsp3) is 0.562. The van der Waals surface area contributed by atoms with Gasteiger partial charge in [0.25, 0.3) is 0 Å². The van der Waals surface area contributed by atoms with E-state index in [1.54, 1.807) is 14.2 Å². The van der Waals surface area contributed by atoms with Gasteiger partial charge in [0.15, 0.2) is 11.5 Å². The lowest BCUT2D eigenvalue weighted by atomic mass is 10.0. The Kier molecular flexibility index (Phi) is 5.44. The summed E-state index contributed by atoms with van der Waals surface area (Å²) in [6.45, 7) is 3.01. The Balaban J connectivity index is 1.90. The van der Waals surface area contributed by atoms with E-state index in [1.165, 1.54) is 0 Å². The van der Waals surface area contributed by atoms with Crippen molar-refractivity contribution in [2.24, 2.45) is 0 Å². The van der Waals surface area contributed by atoms with Crippen LogP contribution in [-0.4, -0.2) is 38.8 Å². The van der Waals surface area contributed by atoms with Crippen LogP contribution in [0, 0.1) is 0 Å². The lowest BCUT2D eigenvalue weighted by molar-refractivity contribution is -0.121. The van der Waals surface area contributed by atoms with E-state index in [0.29, 0.717) is 24.0 Å². The standard InChI is InChI=1S/C16H24N2O3/c1-11-4-6-13(10-17-11)18-16(19)9-12-5-7-14(20-2)15(8-12)21-3/h5,7-8,11,13,17H,4,6,9-10H2,1-3H3,(H,18,19). The molecule has 0 aromatic heterocycles. The van der Waals surface area contributed by atoms with E-state index < -0.39 is 0 Å². The molecule has 0 spiro atoms. The van der Waals surface area contributed by atoms with Gasteiger partial charge in [-0.15, -0.1) is 0 Å². The maximum Gasteiger partial charge on any atom is 0.224 e. The summed E-state index contributed by atoms with van der Waals surface area (Å²) in [6.07, 6.45) is 2.49. The molecule has 1 aliphatic rings. The summed E-state index contributed by atoms with van der Waals surface area (Å²) in [4.78, 5) is 12.1. The van der Waals surface area contributed by atoms with Crippen LogP contribution in [0.1, 0.15) is 25.3 Å². The van der Waals surface area contributed by atoms with E-state index in [9.17, 15) is 4.79 Å². The summed E-state index contributed by atoms with van der Waals surface area (Å²) < 4.78 is 10.4. The summed E-state index contributed by atoms with van der Waals surface area (Å²) in [5.74, 6) is 1.37. The molecule has 1 fully saturated rings. The van der Waals surface area contributed by atoms with Crippen molar-refractivity contribution in [2.75, 3.05) is 20.8 Å². The Labute approximate surface area is 126 Å². The number of benzene rings is 1. The van der Waals surface area contributed by atoms with Crippen molar-refractivity contribution in [3.63, 3.8) is 0 Å². The second kappa shape index (κ2) is 7.31. The van der Waals surface area contributed by atoms with Gasteiger partial charge in [-0.3, -0.25) is 4.79 Å². The summed E-state index contributed by atoms with van der Waals surface area (Å²) in [7, 11) is 3.19. The zero-order valence-corrected chi connectivity index (χ0v) is 12.9. The third kappa shape index (κ3) is 4.36. The monoisotopic (exact) mass is 292 g/mol. The van der Waals surface area contributed by atoms with Gasteiger partial charge in [0.1, 0.15) is 0 Å². The molecule has 1 saturated heterocycles. The van der Waals surface area contributed by atoms with Gasteiger partial charge in [0.2, 0.25) is 5.91 Å². The third-order valence-corrected chi connectivity index (χ3v) is 3.84. The quantitative estimate of drug-likeness (QED) is 0.863. The Morgan fingerprint density at radius 3 is 2.67 bits per heavy atom. The number of ether oxygens (including phenoxy) is 2. The summed E-state index contributed by atoms with van der Waals surface area (Å²) in [5, 5.41) is 6.46. The number of piperidine rings is 1. The second-order valence-corrected chi connectivity index (χ2v) is 5.52. The van der Waals surface area contributed by atoms with E-state index in [4.69, 9.17) is 9.47 Å². The number of hydrogen-bond donors (Lipinski definition) is 2. The van der Waals surface area contributed by atoms with Crippen LogP contribution in [0.25, 0.3) is 0 Å². The van der Waals surface area contributed by atoms with Crippen molar-refractivity contribution in [2.45, 2.75) is 38.3 Å². The Hall–Kier alpha value is -1.75. The van der Waals surface area contributed by atoms with Crippen LogP contribution in [0.3, 0.4) is 0 Å². The zero-order chi connectivity index (χ0) is 15.2. The van der Waals surface area contributed by atoms with Gasteiger partial charge in [-0.1, -0.05) is 6.07 Å². The first kappa shape index (κ1) is 15.6. The number of carbonyl (C=O) groups excluding carboxylic acids is 1. The lowest BCUT2D eigenvalue weighted by Crippen LogP contribution is -2.49. The van der Waals surface area contributed by atoms with Gasteiger partial charge >= 0.3 is 0 Å². The van der Waals surface area contributed by atoms with E-state index in [0.717, 1.165) is 24.9 Å². The molecule has 0 radical (unpaired) electrons. The molecule has 21 heavy (non-hydrogen) atoms. The SMILES string of the molecule is COc1ccc(CC(=O)NC2CCC(C)NC2)cc1OC. The van der Waals surface area contributed by atoms with Gasteiger partial charge in [-0.2, -0.15) is 0 Å². The van der Waals surface area contributed by atoms with Crippen LogP contribution in [0.4, 0.5) is 0 Å². The topological polar surface area (TPSA) is 59.6 Å². The van der Waals surface area contributed by atoms with Crippen molar-refractivity contribution >= 4 is 5.91 Å². The number of methoxy groups -OCH3 is 2. The molecule has 2 N–H and O–H groups in total. The smallest absolute Gasteiger partial charge is 0.224 e. The van der Waals surface area contributed by atoms with Crippen LogP contribution in [0.5, 0.6) is 11.5 Å². The van der Waals surface area contributed by atoms with Crippen molar-refractivity contribution in [3.8, 4) is 11.5 Å². The molecule has 5 heteroatoms. The van der Waals surface area contributed by atoms with Crippen molar-refractivity contribution in [3.05, 3.63) is 23.8 Å². The first-order chi connectivity index (χ1) is 10.1. The largest absolute Gasteiger partial charge is 0.493 e. The fourth-order valence-electron chi connectivity index (χ4n) is 2.58. The highest BCUT2D eigenvalue weighted by Gasteiger charge is 2.19. The molecule has 0 bridgehead atoms. The van der Waals surface area contributed by atoms with Crippen LogP contribution in [-0.2, 0) is 11.2 Å². The first-order valence-electron chi connectivity index (χ1n) is 7.36. The van der Waals surface area contributed by atoms with Gasteiger partial charge in [0.05, 0.1) is 20.6 Å². The van der Waals surface area contributed by atoms with Gasteiger partial charge in [-0.25, -0.2) is 0 Å². The minimum Gasteiger partial charge on any atom is -0.493 e. The minimum atomic E-state index is 0.0450. The van der Waals surface area contributed by atoms with Crippen LogP contribution in [0.2, 0.25) is 0 Å². The molecule has 1 heterocycles. The molecule has 5 nitrogen and oxygen atoms in total. The number of nitrogens with one attached hydrogen (secondary N) is 2. The Morgan fingerprint density at radius 2 is 2.05 bits per heavy atom. The number of carbonyl (C=O) groups is 1. The average Bonchev–Trinajstić information content (AvgIpc) is 2.49. The van der Waals surface area contributed by atoms with Gasteiger partial charge in [-0.05, 0) is 37.5 Å². The average molecular weight is 292 g/mol. The first-order valence-corrected chi connectivity index (χ1v) is 7.36. The molecule has 1 aliphatic heterocycles. The predicted octanol–water partition coefficient (Wildman–Crippen LogP) is 1.50. The molecule has 0 aliphatic carbocycles. The number of rotatable bonds is 5. The fourth-order valence-corrected chi connectivity index (χ4v) is 2.58. The molecular weight excluding hydrogens is 268 g/mol. The Bertz CT molecular complexity index is 482. The van der Waals surface area contributed by atoms with Crippen molar-refractivity contribution in [1.29, 1.82) is 0 Å². The van der Waals surface area contributed by atoms with E-state index in [1.807, 2.05) is 18.2 Å². The van der Waals surface area contributed by atoms with Gasteiger partial charge < -0.3 is 20.1 Å². The zero-order valence-electron chi connectivity index (χ0n) is 12.9. The Morgan fingerprint density at radius 1 is 1.29 bits per heavy atom. The second-order valence-electron chi connectivity index (χ2n) is 5.52. The molecule has 2 unspecified atom stereocenters. The maximum absolute atomic E-state index is 12.1. The maximum atomic E-state index is 12.1. The number of hydrogen-bond acceptors (Lipinski definition) is 4. The minimum absolute atomic E-state index is 0.0450.